The largest absolute Gasteiger partial charge is 0.377 e. The molecule has 322 valence electrons. The van der Waals surface area contributed by atoms with Crippen LogP contribution >= 0.6 is 11.6 Å². The molecule has 0 bridgehead atoms. The molecule has 19 heteroatoms. The molecule has 1 amide bonds. The van der Waals surface area contributed by atoms with Gasteiger partial charge in [0.2, 0.25) is 15.9 Å². The zero-order valence-electron chi connectivity index (χ0n) is 32.8. The van der Waals surface area contributed by atoms with Crippen LogP contribution in [0.3, 0.4) is 0 Å². The van der Waals surface area contributed by atoms with Crippen molar-refractivity contribution in [3.63, 3.8) is 0 Å². The molecule has 6 aromatic rings. The molecule has 0 spiro atoms. The predicted molar refractivity (Wildman–Crippen MR) is 224 cm³/mol. The van der Waals surface area contributed by atoms with E-state index >= 15 is 9.18 Å². The molecule has 2 aliphatic carbocycles. The van der Waals surface area contributed by atoms with Crippen LogP contribution in [0.2, 0.25) is 5.02 Å². The monoisotopic (exact) mass is 892 g/mol. The molecular weight excluding hydrogens is 855 g/mol. The Hall–Kier alpha value is -6.14. The molecule has 12 nitrogen and oxygen atoms in total. The molecule has 8 rings (SSSR count). The molecule has 2 heterocycles. The zero-order valence-corrected chi connectivity index (χ0v) is 34.4. The molecule has 4 N–H and O–H groups in total. The van der Waals surface area contributed by atoms with Crippen LogP contribution in [0.4, 0.5) is 27.6 Å². The van der Waals surface area contributed by atoms with Gasteiger partial charge >= 0.3 is 0 Å². The van der Waals surface area contributed by atoms with Gasteiger partial charge in [0.25, 0.3) is 12.0 Å². The van der Waals surface area contributed by atoms with Crippen LogP contribution in [0.5, 0.6) is 0 Å². The van der Waals surface area contributed by atoms with Crippen molar-refractivity contribution in [2.45, 2.75) is 68.7 Å². The summed E-state index contributed by atoms with van der Waals surface area (Å²) in [5.41, 5.74) is -0.506. The number of fused-ring (bicyclic) bond motifs is 1. The highest BCUT2D eigenvalue weighted by atomic mass is 35.5. The molecule has 4 aromatic carbocycles. The number of carbonyl (C=O) groups excluding carboxylic acids is 1. The second-order valence-corrected chi connectivity index (χ2v) is 17.7. The molecule has 2 aliphatic rings. The Morgan fingerprint density at radius 1 is 0.968 bits per heavy atom. The van der Waals surface area contributed by atoms with Crippen LogP contribution in [0.15, 0.2) is 89.9 Å². The van der Waals surface area contributed by atoms with Gasteiger partial charge in [-0.15, -0.1) is 0 Å². The first kappa shape index (κ1) is 42.5. The minimum atomic E-state index is -4.08. The van der Waals surface area contributed by atoms with Crippen molar-refractivity contribution in [2.24, 2.45) is 0 Å². The molecule has 0 unspecified atom stereocenters. The maximum absolute atomic E-state index is 15.1. The smallest absolute Gasteiger partial charge is 0.266 e. The fourth-order valence-corrected chi connectivity index (χ4v) is 8.85. The molecule has 2 atom stereocenters. The van der Waals surface area contributed by atoms with Crippen molar-refractivity contribution in [3.8, 4) is 16.8 Å². The summed E-state index contributed by atoms with van der Waals surface area (Å²) in [6.07, 6.45) is 0.869. The van der Waals surface area contributed by atoms with E-state index in [0.717, 1.165) is 35.2 Å². The molecule has 2 fully saturated rings. The number of halogens is 6. The summed E-state index contributed by atoms with van der Waals surface area (Å²) in [6.45, 7) is 0.526. The van der Waals surface area contributed by atoms with Crippen LogP contribution in [0, 0.1) is 22.9 Å². The fraction of sp³-hybridized carbons (Fsp3) is 0.279. The van der Waals surface area contributed by atoms with Crippen LogP contribution in [0.1, 0.15) is 73.3 Å². The van der Waals surface area contributed by atoms with E-state index < -0.39 is 75.1 Å². The van der Waals surface area contributed by atoms with Crippen molar-refractivity contribution in [3.05, 3.63) is 141 Å². The molecule has 62 heavy (non-hydrogen) atoms. The van der Waals surface area contributed by atoms with E-state index in [2.05, 4.69) is 20.5 Å². The summed E-state index contributed by atoms with van der Waals surface area (Å²) in [4.78, 5) is 34.2. The Kier molecular flexibility index (Phi) is 11.6. The van der Waals surface area contributed by atoms with Gasteiger partial charge in [-0.25, -0.2) is 35.4 Å². The number of amidine groups is 1. The van der Waals surface area contributed by atoms with Gasteiger partial charge in [-0.05, 0) is 92.3 Å². The van der Waals surface area contributed by atoms with Gasteiger partial charge in [0.1, 0.15) is 35.2 Å². The maximum atomic E-state index is 15.1. The number of amides is 1. The van der Waals surface area contributed by atoms with E-state index in [1.54, 1.807) is 25.3 Å². The normalized spacial score (nSPS) is 15.1. The first-order chi connectivity index (χ1) is 29.6. The van der Waals surface area contributed by atoms with Gasteiger partial charge in [-0.3, -0.25) is 29.0 Å². The number of nitrogens with zero attached hydrogens (tertiary/aromatic N) is 4. The Labute approximate surface area is 356 Å². The lowest BCUT2D eigenvalue weighted by Crippen LogP contribution is -2.39. The molecule has 0 saturated heterocycles. The standard InChI is InChI=1S/C43H38ClF5N8O4S/c1-22(56-15-14-33(54-56)24-6-7-24)42(58)53-35(18-23-16-26(45)20-27(46)17-23)41-52-34-19-25(29-4-2-3-5-32(29)47)8-11-30(34)43(59)57(41)36-13-12-31(44)38(39(36)51-21-37(48)49)40(50)55-62(60,61)28-9-10-28/h2-5,8,11-17,19-20,22,24,28,35,37,51H,6-7,9-10,18,21H2,1H3,(H2,50,55)(H,53,58)/t22-,35+/m1/s1. The number of alkyl halides is 2. The number of nitrogens with one attached hydrogen (secondary N) is 4. The topological polar surface area (TPSA) is 164 Å². The van der Waals surface area contributed by atoms with Gasteiger partial charge < -0.3 is 10.6 Å². The highest BCUT2D eigenvalue weighted by Gasteiger charge is 2.37. The minimum absolute atomic E-state index is 0.00193. The van der Waals surface area contributed by atoms with Crippen molar-refractivity contribution >= 4 is 50.0 Å². The second-order valence-electron chi connectivity index (χ2n) is 15.3. The van der Waals surface area contributed by atoms with Gasteiger partial charge in [-0.2, -0.15) is 5.10 Å². The number of rotatable bonds is 15. The van der Waals surface area contributed by atoms with E-state index in [9.17, 15) is 30.8 Å². The quantitative estimate of drug-likeness (QED) is 0.0462. The molecule has 0 radical (unpaired) electrons. The maximum Gasteiger partial charge on any atom is 0.266 e. The summed E-state index contributed by atoms with van der Waals surface area (Å²) in [5, 5.41) is 17.7. The SMILES string of the molecule is C[C@H](C(=O)N[C@@H](Cc1cc(F)cc(F)c1)c1nc2cc(-c3ccccc3F)ccc2c(=O)n1-c1ccc(Cl)c(C(=N)NS(=O)(=O)C2CC2)c1NCC(F)F)n1ccc(C2CC2)n1. The Morgan fingerprint density at radius 2 is 1.69 bits per heavy atom. The first-order valence-corrected chi connectivity index (χ1v) is 21.6. The Bertz CT molecular complexity index is 2900. The predicted octanol–water partition coefficient (Wildman–Crippen LogP) is 7.94. The number of benzene rings is 4. The lowest BCUT2D eigenvalue weighted by molar-refractivity contribution is -0.125. The number of aromatic nitrogens is 4. The number of anilines is 1. The van der Waals surface area contributed by atoms with Crippen molar-refractivity contribution in [1.82, 2.24) is 29.4 Å². The van der Waals surface area contributed by atoms with Crippen LogP contribution in [-0.4, -0.2) is 57.7 Å². The second kappa shape index (κ2) is 17.0. The van der Waals surface area contributed by atoms with E-state index in [0.29, 0.717) is 24.5 Å². The lowest BCUT2D eigenvalue weighted by Gasteiger charge is -2.27. The minimum Gasteiger partial charge on any atom is -0.377 e. The molecule has 2 aromatic heterocycles. The highest BCUT2D eigenvalue weighted by Crippen LogP contribution is 2.39. The van der Waals surface area contributed by atoms with E-state index in [4.69, 9.17) is 22.0 Å². The number of sulfonamides is 1. The van der Waals surface area contributed by atoms with Gasteiger partial charge in [0.05, 0.1) is 56.4 Å². The number of hydrogen-bond donors (Lipinski definition) is 4. The van der Waals surface area contributed by atoms with E-state index in [1.807, 2.05) is 0 Å². The molecule has 2 saturated carbocycles. The highest BCUT2D eigenvalue weighted by molar-refractivity contribution is 7.91. The summed E-state index contributed by atoms with van der Waals surface area (Å²) in [6, 6.07) is 14.8. The average molecular weight is 893 g/mol. The third-order valence-electron chi connectivity index (χ3n) is 10.7. The first-order valence-electron chi connectivity index (χ1n) is 19.7. The van der Waals surface area contributed by atoms with Crippen LogP contribution in [-0.2, 0) is 21.2 Å². The third kappa shape index (κ3) is 8.92. The van der Waals surface area contributed by atoms with Gasteiger partial charge in [0.15, 0.2) is 0 Å². The Balaban J connectivity index is 1.36. The van der Waals surface area contributed by atoms with Crippen LogP contribution < -0.4 is 20.9 Å². The fourth-order valence-electron chi connectivity index (χ4n) is 7.29. The Morgan fingerprint density at radius 3 is 2.37 bits per heavy atom. The van der Waals surface area contributed by atoms with E-state index in [1.165, 1.54) is 53.2 Å². The van der Waals surface area contributed by atoms with Crippen molar-refractivity contribution in [2.75, 3.05) is 11.9 Å². The van der Waals surface area contributed by atoms with Gasteiger partial charge in [0, 0.05) is 30.2 Å². The third-order valence-corrected chi connectivity index (χ3v) is 12.9. The summed E-state index contributed by atoms with van der Waals surface area (Å²) in [5.74, 6) is -3.88. The van der Waals surface area contributed by atoms with Crippen molar-refractivity contribution < 1.29 is 35.2 Å². The molecular formula is C43H38ClF5N8O4S. The zero-order chi connectivity index (χ0) is 44.0. The summed E-state index contributed by atoms with van der Waals surface area (Å²) in [7, 11) is -4.08. The number of hydrogen-bond acceptors (Lipinski definition) is 8. The average Bonchev–Trinajstić information content (AvgIpc) is 4.17. The van der Waals surface area contributed by atoms with Gasteiger partial charge in [-0.1, -0.05) is 35.9 Å². The van der Waals surface area contributed by atoms with E-state index in [-0.39, 0.29) is 62.2 Å². The van der Waals surface area contributed by atoms with Crippen molar-refractivity contribution in [1.29, 1.82) is 5.41 Å². The molecule has 0 aliphatic heterocycles. The summed E-state index contributed by atoms with van der Waals surface area (Å²) < 4.78 is 103. The lowest BCUT2D eigenvalue weighted by atomic mass is 10.0. The summed E-state index contributed by atoms with van der Waals surface area (Å²) >= 11 is 6.60. The number of carbonyl (C=O) groups is 1. The van der Waals surface area contributed by atoms with Crippen LogP contribution in [0.25, 0.3) is 27.7 Å².